The van der Waals surface area contributed by atoms with E-state index < -0.39 is 0 Å². The van der Waals surface area contributed by atoms with Crippen molar-refractivity contribution in [3.05, 3.63) is 17.3 Å². The fourth-order valence-corrected chi connectivity index (χ4v) is 2.18. The molecule has 0 unspecified atom stereocenters. The van der Waals surface area contributed by atoms with E-state index in [-0.39, 0.29) is 0 Å². The average Bonchev–Trinajstić information content (AvgIpc) is 3.11. The van der Waals surface area contributed by atoms with Crippen LogP contribution < -0.4 is 11.1 Å². The fourth-order valence-electron chi connectivity index (χ4n) is 1.94. The number of hydrogen-bond donors (Lipinski definition) is 2. The van der Waals surface area contributed by atoms with Crippen LogP contribution in [0.4, 0.5) is 11.5 Å². The number of likely N-dealkylation sites (N-methyl/N-ethyl adjacent to an activating group) is 1. The third-order valence-electron chi connectivity index (χ3n) is 3.02. The Hall–Kier alpha value is -1.00. The van der Waals surface area contributed by atoms with Crippen LogP contribution in [0.1, 0.15) is 19.8 Å². The summed E-state index contributed by atoms with van der Waals surface area (Å²) in [5.41, 5.74) is 6.18. The average molecular weight is 255 g/mol. The number of pyridine rings is 1. The van der Waals surface area contributed by atoms with Crippen molar-refractivity contribution >= 4 is 23.1 Å². The Balaban J connectivity index is 1.80. The summed E-state index contributed by atoms with van der Waals surface area (Å²) in [6.07, 6.45) is 4.30. The summed E-state index contributed by atoms with van der Waals surface area (Å²) >= 11 is 6.03. The minimum absolute atomic E-state index is 0.583. The minimum atomic E-state index is 0.583. The summed E-state index contributed by atoms with van der Waals surface area (Å²) in [5, 5.41) is 3.83. The van der Waals surface area contributed by atoms with E-state index >= 15 is 0 Å². The lowest BCUT2D eigenvalue weighted by atomic mass is 10.4. The van der Waals surface area contributed by atoms with E-state index in [4.69, 9.17) is 17.3 Å². The zero-order valence-corrected chi connectivity index (χ0v) is 10.9. The Morgan fingerprint density at radius 2 is 2.35 bits per heavy atom. The van der Waals surface area contributed by atoms with Crippen LogP contribution in [0.2, 0.25) is 5.02 Å². The highest BCUT2D eigenvalue weighted by Crippen LogP contribution is 2.26. The number of aromatic nitrogens is 1. The molecule has 2 rings (SSSR count). The van der Waals surface area contributed by atoms with Crippen LogP contribution in [-0.2, 0) is 0 Å². The number of hydrogen-bond acceptors (Lipinski definition) is 4. The Morgan fingerprint density at radius 1 is 1.59 bits per heavy atom. The summed E-state index contributed by atoms with van der Waals surface area (Å²) in [4.78, 5) is 6.66. The number of nitrogens with zero attached hydrogens (tertiary/aromatic N) is 2. The normalized spacial score (nSPS) is 15.2. The van der Waals surface area contributed by atoms with Gasteiger partial charge in [-0.25, -0.2) is 4.98 Å². The molecule has 5 heteroatoms. The van der Waals surface area contributed by atoms with Crippen LogP contribution in [0.3, 0.4) is 0 Å². The molecule has 4 nitrogen and oxygen atoms in total. The molecule has 0 aromatic carbocycles. The van der Waals surface area contributed by atoms with Gasteiger partial charge < -0.3 is 11.1 Å². The third-order valence-corrected chi connectivity index (χ3v) is 3.31. The lowest BCUT2D eigenvalue weighted by Crippen LogP contribution is -2.31. The van der Waals surface area contributed by atoms with Crippen LogP contribution in [0.25, 0.3) is 0 Å². The standard InChI is InChI=1S/C12H19ClN4/c1-2-17(10-3-4-10)6-5-15-12-11(13)7-9(14)8-16-12/h7-8,10H,2-6,14H2,1H3,(H,15,16). The van der Waals surface area contributed by atoms with Gasteiger partial charge >= 0.3 is 0 Å². The predicted molar refractivity (Wildman–Crippen MR) is 72.4 cm³/mol. The van der Waals surface area contributed by atoms with Gasteiger partial charge in [0.2, 0.25) is 0 Å². The number of rotatable bonds is 6. The molecule has 0 atom stereocenters. The second-order valence-corrected chi connectivity index (χ2v) is 4.79. The van der Waals surface area contributed by atoms with Crippen LogP contribution in [0, 0.1) is 0 Å². The molecule has 1 aromatic rings. The molecule has 0 spiro atoms. The zero-order valence-electron chi connectivity index (χ0n) is 10.1. The van der Waals surface area contributed by atoms with E-state index in [0.29, 0.717) is 16.5 Å². The molecule has 1 aromatic heterocycles. The van der Waals surface area contributed by atoms with Crippen molar-refractivity contribution in [2.75, 3.05) is 30.7 Å². The van der Waals surface area contributed by atoms with Crippen molar-refractivity contribution in [1.82, 2.24) is 9.88 Å². The maximum atomic E-state index is 6.03. The van der Waals surface area contributed by atoms with Crippen LogP contribution in [-0.4, -0.2) is 35.6 Å². The minimum Gasteiger partial charge on any atom is -0.397 e. The molecular weight excluding hydrogens is 236 g/mol. The molecule has 1 heterocycles. The van der Waals surface area contributed by atoms with Crippen molar-refractivity contribution < 1.29 is 0 Å². The van der Waals surface area contributed by atoms with Gasteiger partial charge in [-0.3, -0.25) is 4.90 Å². The Morgan fingerprint density at radius 3 is 2.94 bits per heavy atom. The molecule has 0 saturated heterocycles. The van der Waals surface area contributed by atoms with E-state index in [1.165, 1.54) is 12.8 Å². The first kappa shape index (κ1) is 12.5. The Labute approximate surface area is 107 Å². The van der Waals surface area contributed by atoms with E-state index in [2.05, 4.69) is 22.1 Å². The molecule has 1 fully saturated rings. The molecule has 0 bridgehead atoms. The van der Waals surface area contributed by atoms with E-state index in [1.54, 1.807) is 12.3 Å². The lowest BCUT2D eigenvalue weighted by molar-refractivity contribution is 0.289. The molecule has 3 N–H and O–H groups in total. The van der Waals surface area contributed by atoms with Crippen LogP contribution in [0.15, 0.2) is 12.3 Å². The van der Waals surface area contributed by atoms with Crippen molar-refractivity contribution in [2.45, 2.75) is 25.8 Å². The fraction of sp³-hybridized carbons (Fsp3) is 0.583. The number of nitrogen functional groups attached to an aromatic ring is 1. The third kappa shape index (κ3) is 3.48. The first-order valence-corrected chi connectivity index (χ1v) is 6.47. The number of nitrogens with one attached hydrogen (secondary N) is 1. The molecule has 1 aliphatic rings. The summed E-state index contributed by atoms with van der Waals surface area (Å²) in [6, 6.07) is 2.52. The van der Waals surface area contributed by atoms with Gasteiger partial charge in [0, 0.05) is 19.1 Å². The molecule has 0 amide bonds. The van der Waals surface area contributed by atoms with Gasteiger partial charge in [-0.1, -0.05) is 18.5 Å². The molecule has 17 heavy (non-hydrogen) atoms. The second kappa shape index (κ2) is 5.56. The van der Waals surface area contributed by atoms with Gasteiger partial charge in [-0.2, -0.15) is 0 Å². The van der Waals surface area contributed by atoms with Crippen LogP contribution in [0.5, 0.6) is 0 Å². The monoisotopic (exact) mass is 254 g/mol. The lowest BCUT2D eigenvalue weighted by Gasteiger charge is -2.20. The van der Waals surface area contributed by atoms with Gasteiger partial charge in [0.15, 0.2) is 0 Å². The van der Waals surface area contributed by atoms with E-state index in [9.17, 15) is 0 Å². The number of nitrogens with two attached hydrogens (primary N) is 1. The molecule has 1 saturated carbocycles. The first-order valence-electron chi connectivity index (χ1n) is 6.09. The number of anilines is 2. The SMILES string of the molecule is CCN(CCNc1ncc(N)cc1Cl)C1CC1. The summed E-state index contributed by atoms with van der Waals surface area (Å²) in [5.74, 6) is 0.715. The first-order chi connectivity index (χ1) is 8.20. The number of halogens is 1. The zero-order chi connectivity index (χ0) is 12.3. The molecule has 94 valence electrons. The Bertz CT molecular complexity index is 379. The topological polar surface area (TPSA) is 54.2 Å². The second-order valence-electron chi connectivity index (χ2n) is 4.39. The predicted octanol–water partition coefficient (Wildman–Crippen LogP) is 2.21. The van der Waals surface area contributed by atoms with Crippen LogP contribution >= 0.6 is 11.6 Å². The van der Waals surface area contributed by atoms with E-state index in [1.807, 2.05) is 0 Å². The Kier molecular flexibility index (Phi) is 4.07. The smallest absolute Gasteiger partial charge is 0.144 e. The van der Waals surface area contributed by atoms with Crippen molar-refractivity contribution in [3.63, 3.8) is 0 Å². The maximum absolute atomic E-state index is 6.03. The quantitative estimate of drug-likeness (QED) is 0.817. The highest BCUT2D eigenvalue weighted by atomic mass is 35.5. The molecule has 0 radical (unpaired) electrons. The largest absolute Gasteiger partial charge is 0.397 e. The van der Waals surface area contributed by atoms with Crippen molar-refractivity contribution in [1.29, 1.82) is 0 Å². The van der Waals surface area contributed by atoms with Gasteiger partial charge in [0.25, 0.3) is 0 Å². The maximum Gasteiger partial charge on any atom is 0.144 e. The molecule has 0 aliphatic heterocycles. The van der Waals surface area contributed by atoms with E-state index in [0.717, 1.165) is 25.7 Å². The highest BCUT2D eigenvalue weighted by Gasteiger charge is 2.27. The summed E-state index contributed by atoms with van der Waals surface area (Å²) < 4.78 is 0. The molecular formula is C12H19ClN4. The molecule has 1 aliphatic carbocycles. The van der Waals surface area contributed by atoms with Gasteiger partial charge in [-0.05, 0) is 25.5 Å². The highest BCUT2D eigenvalue weighted by molar-refractivity contribution is 6.33. The van der Waals surface area contributed by atoms with Gasteiger partial charge in [0.1, 0.15) is 5.82 Å². The van der Waals surface area contributed by atoms with Gasteiger partial charge in [-0.15, -0.1) is 0 Å². The van der Waals surface area contributed by atoms with Gasteiger partial charge in [0.05, 0.1) is 16.9 Å². The van der Waals surface area contributed by atoms with Crippen molar-refractivity contribution in [2.24, 2.45) is 0 Å². The summed E-state index contributed by atoms with van der Waals surface area (Å²) in [7, 11) is 0. The summed E-state index contributed by atoms with van der Waals surface area (Å²) in [6.45, 7) is 5.20. The van der Waals surface area contributed by atoms with Crippen molar-refractivity contribution in [3.8, 4) is 0 Å².